The van der Waals surface area contributed by atoms with Crippen molar-refractivity contribution in [2.45, 2.75) is 5.16 Å². The number of thioether (sulfide) groups is 1. The Balaban J connectivity index is 1.52. The van der Waals surface area contributed by atoms with E-state index in [0.717, 1.165) is 22.5 Å². The van der Waals surface area contributed by atoms with Crippen LogP contribution in [0.2, 0.25) is 0 Å². The second kappa shape index (κ2) is 8.63. The number of hydrogen-bond donors (Lipinski definition) is 4. The van der Waals surface area contributed by atoms with Crippen LogP contribution in [-0.2, 0) is 0 Å². The van der Waals surface area contributed by atoms with Crippen molar-refractivity contribution in [3.05, 3.63) is 66.7 Å². The smallest absolute Gasteiger partial charge is 0.209 e. The normalized spacial score (nSPS) is 11.6. The first-order valence-electron chi connectivity index (χ1n) is 8.82. The molecule has 0 spiro atoms. The highest BCUT2D eigenvalue weighted by Crippen LogP contribution is 2.30. The van der Waals surface area contributed by atoms with E-state index >= 15 is 0 Å². The van der Waals surface area contributed by atoms with E-state index in [9.17, 15) is 0 Å². The fourth-order valence-corrected chi connectivity index (χ4v) is 3.39. The molecule has 146 valence electrons. The van der Waals surface area contributed by atoms with Gasteiger partial charge in [0.05, 0.1) is 5.75 Å². The Bertz CT molecular complexity index is 1120. The number of hydrazine groups is 1. The number of nitrogens with one attached hydrogen (secondary N) is 2. The van der Waals surface area contributed by atoms with E-state index in [2.05, 4.69) is 50.1 Å². The van der Waals surface area contributed by atoms with Crippen LogP contribution in [0.1, 0.15) is 0 Å². The van der Waals surface area contributed by atoms with Crippen molar-refractivity contribution in [2.24, 2.45) is 16.7 Å². The molecule has 8 nitrogen and oxygen atoms in total. The van der Waals surface area contributed by atoms with E-state index in [1.54, 1.807) is 0 Å². The molecule has 0 aliphatic heterocycles. The average molecular weight is 405 g/mol. The number of nitrogens with zero attached hydrogens (tertiary/aromatic N) is 3. The zero-order valence-corrected chi connectivity index (χ0v) is 16.2. The summed E-state index contributed by atoms with van der Waals surface area (Å²) in [6.07, 6.45) is 0. The number of hydrazone groups is 1. The van der Waals surface area contributed by atoms with Crippen molar-refractivity contribution in [1.82, 2.24) is 20.7 Å². The quantitative estimate of drug-likeness (QED) is 0.122. The van der Waals surface area contributed by atoms with Gasteiger partial charge in [-0.2, -0.15) is 10.1 Å². The molecule has 2 aromatic carbocycles. The van der Waals surface area contributed by atoms with Gasteiger partial charge in [-0.05, 0) is 29.3 Å². The van der Waals surface area contributed by atoms with E-state index in [1.165, 1.54) is 11.8 Å². The molecule has 0 unspecified atom stereocenters. The zero-order valence-electron chi connectivity index (χ0n) is 15.4. The SMILES string of the molecule is NN/N=C(\N)CSc1n[nH]c(-c2ccc(-c3cccc(-c4ccccc4)c3)o2)n1. The molecule has 0 aliphatic rings. The number of rotatable bonds is 7. The summed E-state index contributed by atoms with van der Waals surface area (Å²) in [6.45, 7) is 0. The first-order valence-corrected chi connectivity index (χ1v) is 9.80. The van der Waals surface area contributed by atoms with Crippen LogP contribution in [0.3, 0.4) is 0 Å². The Morgan fingerprint density at radius 1 is 1.00 bits per heavy atom. The Morgan fingerprint density at radius 2 is 1.76 bits per heavy atom. The van der Waals surface area contributed by atoms with Crippen molar-refractivity contribution in [2.75, 3.05) is 5.75 Å². The lowest BCUT2D eigenvalue weighted by Crippen LogP contribution is -2.23. The number of furan rings is 1. The maximum absolute atomic E-state index is 6.01. The number of benzene rings is 2. The van der Waals surface area contributed by atoms with Gasteiger partial charge in [0.2, 0.25) is 5.16 Å². The minimum atomic E-state index is 0.349. The van der Waals surface area contributed by atoms with Crippen LogP contribution in [0.15, 0.2) is 81.4 Å². The third-order valence-corrected chi connectivity index (χ3v) is 5.00. The van der Waals surface area contributed by atoms with Gasteiger partial charge in [-0.1, -0.05) is 60.3 Å². The Kier molecular flexibility index (Phi) is 5.59. The monoisotopic (exact) mass is 405 g/mol. The highest BCUT2D eigenvalue weighted by Gasteiger charge is 2.12. The fourth-order valence-electron chi connectivity index (χ4n) is 2.78. The number of hydrogen-bond acceptors (Lipinski definition) is 7. The second-order valence-corrected chi connectivity index (χ2v) is 7.04. The summed E-state index contributed by atoms with van der Waals surface area (Å²) in [5.74, 6) is 7.77. The molecule has 4 aromatic rings. The number of H-pyrrole nitrogens is 1. The number of amidine groups is 1. The second-order valence-electron chi connectivity index (χ2n) is 6.10. The summed E-state index contributed by atoms with van der Waals surface area (Å²) >= 11 is 1.34. The molecule has 4 rings (SSSR count). The number of aromatic amines is 1. The Morgan fingerprint density at radius 3 is 2.59 bits per heavy atom. The summed E-state index contributed by atoms with van der Waals surface area (Å²) in [4.78, 5) is 4.43. The van der Waals surface area contributed by atoms with Gasteiger partial charge in [-0.25, -0.2) is 11.4 Å². The van der Waals surface area contributed by atoms with Gasteiger partial charge < -0.3 is 10.2 Å². The van der Waals surface area contributed by atoms with Gasteiger partial charge in [-0.15, -0.1) is 5.10 Å². The molecule has 9 heteroatoms. The lowest BCUT2D eigenvalue weighted by molar-refractivity contribution is 0.592. The zero-order chi connectivity index (χ0) is 20.1. The third-order valence-electron chi connectivity index (χ3n) is 4.12. The van der Waals surface area contributed by atoms with Gasteiger partial charge in [-0.3, -0.25) is 5.10 Å². The van der Waals surface area contributed by atoms with E-state index in [4.69, 9.17) is 16.0 Å². The minimum Gasteiger partial charge on any atom is -0.453 e. The van der Waals surface area contributed by atoms with Crippen molar-refractivity contribution in [3.8, 4) is 34.0 Å². The van der Waals surface area contributed by atoms with Crippen LogP contribution in [0.5, 0.6) is 0 Å². The van der Waals surface area contributed by atoms with Crippen molar-refractivity contribution >= 4 is 17.6 Å². The molecule has 0 atom stereocenters. The van der Waals surface area contributed by atoms with Crippen LogP contribution in [0.25, 0.3) is 34.0 Å². The van der Waals surface area contributed by atoms with Crippen LogP contribution in [0, 0.1) is 0 Å². The molecule has 6 N–H and O–H groups in total. The third kappa shape index (κ3) is 4.48. The molecule has 0 amide bonds. The lowest BCUT2D eigenvalue weighted by Gasteiger charge is -2.03. The highest BCUT2D eigenvalue weighted by atomic mass is 32.2. The molecule has 29 heavy (non-hydrogen) atoms. The summed E-state index contributed by atoms with van der Waals surface area (Å²) in [7, 11) is 0. The van der Waals surface area contributed by atoms with Crippen molar-refractivity contribution in [1.29, 1.82) is 0 Å². The fraction of sp³-hybridized carbons (Fsp3) is 0.0500. The molecule has 0 saturated heterocycles. The predicted octanol–water partition coefficient (Wildman–Crippen LogP) is 3.23. The van der Waals surface area contributed by atoms with E-state index < -0.39 is 0 Å². The van der Waals surface area contributed by atoms with Crippen LogP contribution < -0.4 is 17.1 Å². The molecule has 0 bridgehead atoms. The molecule has 0 fully saturated rings. The number of aromatic nitrogens is 3. The van der Waals surface area contributed by atoms with Gasteiger partial charge in [0.25, 0.3) is 0 Å². The first-order chi connectivity index (χ1) is 14.2. The standard InChI is InChI=1S/C20H19N7OS/c21-18(24-27-22)12-29-20-23-19(25-26-20)17-10-9-16(28-17)15-8-4-7-14(11-15)13-5-2-1-3-6-13/h1-11,27H,12,22H2,(H2,21,24)(H,23,25,26). The molecule has 0 aliphatic carbocycles. The topological polar surface area (TPSA) is 131 Å². The van der Waals surface area contributed by atoms with Crippen LogP contribution in [0.4, 0.5) is 0 Å². The van der Waals surface area contributed by atoms with Gasteiger partial charge in [0.1, 0.15) is 11.6 Å². The van der Waals surface area contributed by atoms with Gasteiger partial charge in [0, 0.05) is 5.56 Å². The first kappa shape index (κ1) is 18.8. The predicted molar refractivity (Wildman–Crippen MR) is 115 cm³/mol. The summed E-state index contributed by atoms with van der Waals surface area (Å²) in [5.41, 5.74) is 11.1. The largest absolute Gasteiger partial charge is 0.453 e. The average Bonchev–Trinajstić information content (AvgIpc) is 3.43. The molecular formula is C20H19N7OS. The van der Waals surface area contributed by atoms with Crippen molar-refractivity contribution in [3.63, 3.8) is 0 Å². The molecule has 0 radical (unpaired) electrons. The molecule has 2 heterocycles. The van der Waals surface area contributed by atoms with E-state index in [0.29, 0.717) is 28.3 Å². The number of nitrogens with two attached hydrogens (primary N) is 2. The highest BCUT2D eigenvalue weighted by molar-refractivity contribution is 7.99. The lowest BCUT2D eigenvalue weighted by atomic mass is 10.0. The van der Waals surface area contributed by atoms with Crippen LogP contribution >= 0.6 is 11.8 Å². The molecular weight excluding hydrogens is 386 g/mol. The van der Waals surface area contributed by atoms with Crippen molar-refractivity contribution < 1.29 is 4.42 Å². The summed E-state index contributed by atoms with van der Waals surface area (Å²) < 4.78 is 6.01. The van der Waals surface area contributed by atoms with E-state index in [1.807, 2.05) is 42.5 Å². The molecule has 2 aromatic heterocycles. The Hall–Kier alpha value is -3.56. The summed E-state index contributed by atoms with van der Waals surface area (Å²) in [6, 6.07) is 22.2. The maximum Gasteiger partial charge on any atom is 0.209 e. The van der Waals surface area contributed by atoms with Gasteiger partial charge >= 0.3 is 0 Å². The summed E-state index contributed by atoms with van der Waals surface area (Å²) in [5, 5.41) is 11.3. The Labute approximate surface area is 171 Å². The minimum absolute atomic E-state index is 0.349. The molecule has 0 saturated carbocycles. The van der Waals surface area contributed by atoms with Gasteiger partial charge in [0.15, 0.2) is 11.6 Å². The van der Waals surface area contributed by atoms with Crippen LogP contribution in [-0.4, -0.2) is 26.8 Å². The van der Waals surface area contributed by atoms with E-state index in [-0.39, 0.29) is 0 Å². The maximum atomic E-state index is 6.01.